The third-order valence-corrected chi connectivity index (χ3v) is 7.56. The molecule has 0 bridgehead atoms. The van der Waals surface area contributed by atoms with E-state index in [1.54, 1.807) is 28.3 Å². The van der Waals surface area contributed by atoms with Gasteiger partial charge in [-0.15, -0.1) is 0 Å². The molecule has 4 unspecified atom stereocenters. The Labute approximate surface area is 216 Å². The van der Waals surface area contributed by atoms with Gasteiger partial charge in [0.15, 0.2) is 0 Å². The van der Waals surface area contributed by atoms with Crippen molar-refractivity contribution in [1.82, 2.24) is 25.4 Å². The van der Waals surface area contributed by atoms with Crippen molar-refractivity contribution < 1.29 is 19.2 Å². The third-order valence-electron chi connectivity index (χ3n) is 7.56. The van der Waals surface area contributed by atoms with E-state index in [4.69, 9.17) is 0 Å². The van der Waals surface area contributed by atoms with E-state index in [1.165, 1.54) is 0 Å². The van der Waals surface area contributed by atoms with Gasteiger partial charge in [0.1, 0.15) is 18.1 Å². The minimum Gasteiger partial charge on any atom is -0.351 e. The maximum absolute atomic E-state index is 13.8. The summed E-state index contributed by atoms with van der Waals surface area (Å²) in [4.78, 5) is 61.5. The van der Waals surface area contributed by atoms with Crippen LogP contribution < -0.4 is 10.6 Å². The molecule has 37 heavy (non-hydrogen) atoms. The number of nitrogens with zero attached hydrogens (tertiary/aromatic N) is 3. The molecule has 3 aliphatic heterocycles. The fraction of sp³-hybridized carbons (Fsp3) is 0.464. The van der Waals surface area contributed by atoms with Crippen LogP contribution >= 0.6 is 0 Å². The van der Waals surface area contributed by atoms with Crippen LogP contribution in [0, 0.1) is 0 Å². The molecule has 4 amide bonds. The summed E-state index contributed by atoms with van der Waals surface area (Å²) >= 11 is 0. The molecule has 194 valence electrons. The zero-order valence-corrected chi connectivity index (χ0v) is 20.8. The van der Waals surface area contributed by atoms with Crippen molar-refractivity contribution in [3.8, 4) is 0 Å². The van der Waals surface area contributed by atoms with Gasteiger partial charge >= 0.3 is 0 Å². The smallest absolute Gasteiger partial charge is 0.246 e. The summed E-state index contributed by atoms with van der Waals surface area (Å²) in [5, 5.41) is 5.99. The molecule has 9 heteroatoms. The highest BCUT2D eigenvalue weighted by atomic mass is 16.2. The SMILES string of the molecule is O=C1CC(Cc2ccccc2)NC(=O)C2CCCN2C(=O)C2CCCN2C(=O)C(Cc2cccnc2)N1. The highest BCUT2D eigenvalue weighted by Crippen LogP contribution is 2.26. The zero-order valence-electron chi connectivity index (χ0n) is 20.8. The molecule has 0 saturated carbocycles. The Kier molecular flexibility index (Phi) is 7.48. The Morgan fingerprint density at radius 3 is 2.22 bits per heavy atom. The normalized spacial score (nSPS) is 26.9. The third kappa shape index (κ3) is 5.65. The quantitative estimate of drug-likeness (QED) is 0.652. The largest absolute Gasteiger partial charge is 0.351 e. The second-order valence-electron chi connectivity index (χ2n) is 10.2. The number of rotatable bonds is 4. The molecule has 5 rings (SSSR count). The Hall–Kier alpha value is -3.75. The number of benzene rings is 1. The van der Waals surface area contributed by atoms with E-state index in [0.29, 0.717) is 38.8 Å². The molecule has 3 fully saturated rings. The van der Waals surface area contributed by atoms with Crippen LogP contribution in [0.4, 0.5) is 0 Å². The van der Waals surface area contributed by atoms with Gasteiger partial charge in [-0.05, 0) is 49.3 Å². The van der Waals surface area contributed by atoms with Gasteiger partial charge in [0.25, 0.3) is 0 Å². The van der Waals surface area contributed by atoms with Crippen LogP contribution in [0.3, 0.4) is 0 Å². The lowest BCUT2D eigenvalue weighted by molar-refractivity contribution is -0.147. The van der Waals surface area contributed by atoms with Crippen LogP contribution in [0.5, 0.6) is 0 Å². The molecule has 4 heterocycles. The maximum Gasteiger partial charge on any atom is 0.246 e. The zero-order chi connectivity index (χ0) is 25.8. The maximum atomic E-state index is 13.8. The van der Waals surface area contributed by atoms with E-state index >= 15 is 0 Å². The van der Waals surface area contributed by atoms with Gasteiger partial charge in [-0.3, -0.25) is 24.2 Å². The summed E-state index contributed by atoms with van der Waals surface area (Å²) in [5.74, 6) is -0.981. The molecule has 0 radical (unpaired) electrons. The second-order valence-corrected chi connectivity index (χ2v) is 10.2. The van der Waals surface area contributed by atoms with Crippen LogP contribution in [-0.2, 0) is 32.0 Å². The van der Waals surface area contributed by atoms with Crippen molar-refractivity contribution in [1.29, 1.82) is 0 Å². The van der Waals surface area contributed by atoms with Gasteiger partial charge in [0, 0.05) is 44.4 Å². The van der Waals surface area contributed by atoms with E-state index < -0.39 is 24.2 Å². The summed E-state index contributed by atoms with van der Waals surface area (Å²) in [7, 11) is 0. The molecule has 1 aromatic heterocycles. The average Bonchev–Trinajstić information content (AvgIpc) is 3.59. The molecule has 4 atom stereocenters. The van der Waals surface area contributed by atoms with Gasteiger partial charge in [-0.2, -0.15) is 0 Å². The first-order valence-electron chi connectivity index (χ1n) is 13.1. The van der Waals surface area contributed by atoms with Crippen molar-refractivity contribution >= 4 is 23.6 Å². The number of nitrogens with one attached hydrogen (secondary N) is 2. The molecule has 9 nitrogen and oxygen atoms in total. The summed E-state index contributed by atoms with van der Waals surface area (Å²) in [6.45, 7) is 0.949. The first-order chi connectivity index (χ1) is 18.0. The summed E-state index contributed by atoms with van der Waals surface area (Å²) < 4.78 is 0. The monoisotopic (exact) mass is 503 g/mol. The predicted molar refractivity (Wildman–Crippen MR) is 136 cm³/mol. The molecule has 2 aromatic rings. The summed E-state index contributed by atoms with van der Waals surface area (Å²) in [6, 6.07) is 10.8. The first-order valence-corrected chi connectivity index (χ1v) is 13.1. The van der Waals surface area contributed by atoms with Gasteiger partial charge in [0.2, 0.25) is 23.6 Å². The Balaban J connectivity index is 1.46. The van der Waals surface area contributed by atoms with E-state index in [2.05, 4.69) is 15.6 Å². The van der Waals surface area contributed by atoms with Crippen LogP contribution in [-0.4, -0.2) is 75.7 Å². The molecule has 0 spiro atoms. The number of pyridine rings is 1. The van der Waals surface area contributed by atoms with E-state index in [9.17, 15) is 19.2 Å². The molecule has 2 N–H and O–H groups in total. The predicted octanol–water partition coefficient (Wildman–Crippen LogP) is 1.22. The molecule has 1 aromatic carbocycles. The number of aromatic nitrogens is 1. The standard InChI is InChI=1S/C28H33N5O4/c34-25-17-21(15-19-7-2-1-3-8-19)30-26(35)23-10-5-13-32(23)28(37)24-11-6-14-33(24)27(36)22(31-25)16-20-9-4-12-29-18-20/h1-4,7-9,12,18,21-24H,5-6,10-11,13-17H2,(H,30,35)(H,31,34). The lowest BCUT2D eigenvalue weighted by Crippen LogP contribution is -2.56. The van der Waals surface area contributed by atoms with Crippen LogP contribution in [0.1, 0.15) is 43.2 Å². The van der Waals surface area contributed by atoms with Gasteiger partial charge in [-0.1, -0.05) is 36.4 Å². The van der Waals surface area contributed by atoms with Crippen LogP contribution in [0.2, 0.25) is 0 Å². The minimum absolute atomic E-state index is 0.0293. The number of hydrogen-bond donors (Lipinski definition) is 2. The number of fused-ring (bicyclic) bond motifs is 2. The van der Waals surface area contributed by atoms with Crippen LogP contribution in [0.15, 0.2) is 54.9 Å². The second kappa shape index (κ2) is 11.1. The minimum atomic E-state index is -0.826. The highest BCUT2D eigenvalue weighted by Gasteiger charge is 2.44. The Bertz CT molecular complexity index is 1140. The van der Waals surface area contributed by atoms with E-state index in [1.807, 2.05) is 36.4 Å². The molecule has 0 aliphatic carbocycles. The number of amides is 4. The van der Waals surface area contributed by atoms with Gasteiger partial charge < -0.3 is 20.4 Å². The summed E-state index contributed by atoms with van der Waals surface area (Å²) in [6.07, 6.45) is 6.69. The van der Waals surface area contributed by atoms with Crippen molar-refractivity contribution in [2.75, 3.05) is 13.1 Å². The van der Waals surface area contributed by atoms with Crippen molar-refractivity contribution in [3.05, 3.63) is 66.0 Å². The Morgan fingerprint density at radius 2 is 1.49 bits per heavy atom. The van der Waals surface area contributed by atoms with Crippen LogP contribution in [0.25, 0.3) is 0 Å². The average molecular weight is 504 g/mol. The molecule has 3 aliphatic rings. The van der Waals surface area contributed by atoms with Gasteiger partial charge in [0.05, 0.1) is 0 Å². The Morgan fingerprint density at radius 1 is 0.784 bits per heavy atom. The fourth-order valence-electron chi connectivity index (χ4n) is 5.78. The highest BCUT2D eigenvalue weighted by molar-refractivity contribution is 5.95. The molecule has 3 saturated heterocycles. The number of carbonyl (C=O) groups is 4. The number of carbonyl (C=O) groups excluding carboxylic acids is 4. The fourth-order valence-corrected chi connectivity index (χ4v) is 5.78. The van der Waals surface area contributed by atoms with Gasteiger partial charge in [-0.25, -0.2) is 0 Å². The van der Waals surface area contributed by atoms with Crippen molar-refractivity contribution in [2.24, 2.45) is 0 Å². The van der Waals surface area contributed by atoms with E-state index in [-0.39, 0.29) is 36.5 Å². The first kappa shape index (κ1) is 24.9. The van der Waals surface area contributed by atoms with Crippen molar-refractivity contribution in [2.45, 2.75) is 69.1 Å². The van der Waals surface area contributed by atoms with E-state index in [0.717, 1.165) is 17.5 Å². The molecular weight excluding hydrogens is 470 g/mol. The molecular formula is C28H33N5O4. The lowest BCUT2D eigenvalue weighted by Gasteiger charge is -2.32. The topological polar surface area (TPSA) is 112 Å². The lowest BCUT2D eigenvalue weighted by atomic mass is 10.0. The van der Waals surface area contributed by atoms with Crippen molar-refractivity contribution in [3.63, 3.8) is 0 Å². The summed E-state index contributed by atoms with van der Waals surface area (Å²) in [5.41, 5.74) is 1.81. The number of hydrogen-bond acceptors (Lipinski definition) is 5.